The van der Waals surface area contributed by atoms with Crippen LogP contribution in [0, 0.1) is 0 Å². The maximum atomic E-state index is 8.99. The van der Waals surface area contributed by atoms with Crippen molar-refractivity contribution in [3.8, 4) is 0 Å². The monoisotopic (exact) mass is 128 g/mol. The summed E-state index contributed by atoms with van der Waals surface area (Å²) in [6, 6.07) is -0.405. The highest BCUT2D eigenvalue weighted by atomic mass is 16.5. The van der Waals surface area contributed by atoms with Crippen LogP contribution in [-0.2, 0) is 4.74 Å². The van der Waals surface area contributed by atoms with E-state index in [-0.39, 0.29) is 6.61 Å². The first kappa shape index (κ1) is 7.06. The number of rotatable bonds is 1. The van der Waals surface area contributed by atoms with E-state index < -0.39 is 18.2 Å². The van der Waals surface area contributed by atoms with Crippen LogP contribution in [0.2, 0.25) is 0 Å². The quantitative estimate of drug-likeness (QED) is 0.428. The Balaban J connectivity index is 2.38. The van der Waals surface area contributed by atoms with Crippen molar-refractivity contribution >= 4 is 7.85 Å². The van der Waals surface area contributed by atoms with Gasteiger partial charge in [0.15, 0.2) is 0 Å². The molecular weight excluding hydrogens is 119 g/mol. The summed E-state index contributed by atoms with van der Waals surface area (Å²) in [5.74, 6) is 0. The SMILES string of the molecule is [B][C@@H]1CC(O)[C@H](CO)O1. The van der Waals surface area contributed by atoms with Gasteiger partial charge in [0, 0.05) is 6.00 Å². The van der Waals surface area contributed by atoms with E-state index in [1.165, 1.54) is 0 Å². The Bertz CT molecular complexity index is 98.2. The summed E-state index contributed by atoms with van der Waals surface area (Å²) in [5.41, 5.74) is 0. The first-order valence-electron chi connectivity index (χ1n) is 2.94. The third-order valence-electron chi connectivity index (χ3n) is 1.43. The van der Waals surface area contributed by atoms with E-state index in [0.29, 0.717) is 6.42 Å². The molecule has 1 unspecified atom stereocenters. The van der Waals surface area contributed by atoms with E-state index >= 15 is 0 Å². The first-order chi connectivity index (χ1) is 4.24. The zero-order valence-electron chi connectivity index (χ0n) is 5.03. The van der Waals surface area contributed by atoms with Crippen LogP contribution in [0.1, 0.15) is 6.42 Å². The van der Waals surface area contributed by atoms with Crippen molar-refractivity contribution in [3.05, 3.63) is 0 Å². The Morgan fingerprint density at radius 1 is 1.67 bits per heavy atom. The van der Waals surface area contributed by atoms with Crippen molar-refractivity contribution in [2.75, 3.05) is 6.61 Å². The van der Waals surface area contributed by atoms with Crippen LogP contribution < -0.4 is 0 Å². The molecule has 0 saturated carbocycles. The van der Waals surface area contributed by atoms with Gasteiger partial charge in [-0.25, -0.2) is 0 Å². The summed E-state index contributed by atoms with van der Waals surface area (Å²) in [4.78, 5) is 0. The molecule has 3 atom stereocenters. The Hall–Kier alpha value is -0.0551. The lowest BCUT2D eigenvalue weighted by molar-refractivity contribution is -0.00408. The molecule has 2 radical (unpaired) electrons. The van der Waals surface area contributed by atoms with Crippen molar-refractivity contribution in [3.63, 3.8) is 0 Å². The minimum absolute atomic E-state index is 0.158. The van der Waals surface area contributed by atoms with Crippen LogP contribution >= 0.6 is 0 Å². The highest BCUT2D eigenvalue weighted by Crippen LogP contribution is 2.17. The maximum Gasteiger partial charge on any atom is 0.109 e. The van der Waals surface area contributed by atoms with Gasteiger partial charge in [0.1, 0.15) is 14.0 Å². The van der Waals surface area contributed by atoms with Crippen LogP contribution in [0.4, 0.5) is 0 Å². The number of hydrogen-bond acceptors (Lipinski definition) is 3. The summed E-state index contributed by atoms with van der Waals surface area (Å²) in [6.45, 7) is -0.158. The molecular formula is C5H9BO3. The molecule has 0 aromatic heterocycles. The molecule has 2 N–H and O–H groups in total. The molecule has 1 fully saturated rings. The predicted molar refractivity (Wildman–Crippen MR) is 32.1 cm³/mol. The molecule has 0 bridgehead atoms. The van der Waals surface area contributed by atoms with Gasteiger partial charge in [-0.05, 0) is 6.42 Å². The number of ether oxygens (including phenoxy) is 1. The topological polar surface area (TPSA) is 49.7 Å². The fraction of sp³-hybridized carbons (Fsp3) is 1.00. The molecule has 0 aromatic carbocycles. The van der Waals surface area contributed by atoms with Gasteiger partial charge in [0.05, 0.1) is 12.7 Å². The smallest absolute Gasteiger partial charge is 0.109 e. The van der Waals surface area contributed by atoms with Crippen molar-refractivity contribution < 1.29 is 14.9 Å². The summed E-state index contributed by atoms with van der Waals surface area (Å²) < 4.78 is 4.90. The number of hydrogen-bond donors (Lipinski definition) is 2. The van der Waals surface area contributed by atoms with Gasteiger partial charge >= 0.3 is 0 Å². The Morgan fingerprint density at radius 3 is 2.56 bits per heavy atom. The van der Waals surface area contributed by atoms with E-state index in [4.69, 9.17) is 22.8 Å². The zero-order chi connectivity index (χ0) is 6.85. The highest BCUT2D eigenvalue weighted by molar-refractivity contribution is 6.11. The second-order valence-corrected chi connectivity index (χ2v) is 2.20. The van der Waals surface area contributed by atoms with Gasteiger partial charge < -0.3 is 14.9 Å². The van der Waals surface area contributed by atoms with E-state index in [1.807, 2.05) is 0 Å². The van der Waals surface area contributed by atoms with Crippen LogP contribution in [0.5, 0.6) is 0 Å². The number of aliphatic hydroxyl groups is 2. The van der Waals surface area contributed by atoms with Gasteiger partial charge in [0.25, 0.3) is 0 Å². The van der Waals surface area contributed by atoms with Gasteiger partial charge in [-0.15, -0.1) is 0 Å². The fourth-order valence-electron chi connectivity index (χ4n) is 0.925. The molecule has 1 saturated heterocycles. The summed E-state index contributed by atoms with van der Waals surface area (Å²) in [5, 5.41) is 17.5. The molecule has 1 heterocycles. The molecule has 50 valence electrons. The summed E-state index contributed by atoms with van der Waals surface area (Å²) in [6.07, 6.45) is -0.643. The van der Waals surface area contributed by atoms with Crippen molar-refractivity contribution in [2.45, 2.75) is 24.6 Å². The molecule has 1 aliphatic heterocycles. The summed E-state index contributed by atoms with van der Waals surface area (Å²) >= 11 is 0. The van der Waals surface area contributed by atoms with Gasteiger partial charge in [-0.3, -0.25) is 0 Å². The fourth-order valence-corrected chi connectivity index (χ4v) is 0.925. The molecule has 0 amide bonds. The lowest BCUT2D eigenvalue weighted by Gasteiger charge is -2.09. The third kappa shape index (κ3) is 1.44. The lowest BCUT2D eigenvalue weighted by atomic mass is 9.96. The Kier molecular flexibility index (Phi) is 2.11. The largest absolute Gasteiger partial charge is 0.394 e. The molecule has 3 nitrogen and oxygen atoms in total. The average Bonchev–Trinajstić information content (AvgIpc) is 2.10. The molecule has 0 aromatic rings. The molecule has 0 aliphatic carbocycles. The van der Waals surface area contributed by atoms with Crippen molar-refractivity contribution in [1.29, 1.82) is 0 Å². The number of aliphatic hydroxyl groups excluding tert-OH is 2. The van der Waals surface area contributed by atoms with Gasteiger partial charge in [-0.1, -0.05) is 0 Å². The minimum Gasteiger partial charge on any atom is -0.394 e. The Morgan fingerprint density at radius 2 is 2.33 bits per heavy atom. The van der Waals surface area contributed by atoms with E-state index in [1.54, 1.807) is 0 Å². The average molecular weight is 128 g/mol. The van der Waals surface area contributed by atoms with Gasteiger partial charge in [-0.2, -0.15) is 0 Å². The standard InChI is InChI=1S/C5H9BO3/c6-5-1-3(8)4(2-7)9-5/h3-5,7-8H,1-2H2/t3?,4-,5-/m0/s1. The second kappa shape index (κ2) is 2.69. The first-order valence-corrected chi connectivity index (χ1v) is 2.94. The molecule has 1 rings (SSSR count). The van der Waals surface area contributed by atoms with Crippen LogP contribution in [0.3, 0.4) is 0 Å². The molecule has 4 heteroatoms. The maximum absolute atomic E-state index is 8.99. The summed E-state index contributed by atoms with van der Waals surface area (Å²) in [7, 11) is 5.30. The van der Waals surface area contributed by atoms with E-state index in [2.05, 4.69) is 0 Å². The van der Waals surface area contributed by atoms with Gasteiger partial charge in [0.2, 0.25) is 0 Å². The Labute approximate surface area is 55.0 Å². The third-order valence-corrected chi connectivity index (χ3v) is 1.43. The highest BCUT2D eigenvalue weighted by Gasteiger charge is 2.29. The van der Waals surface area contributed by atoms with Crippen molar-refractivity contribution in [1.82, 2.24) is 0 Å². The van der Waals surface area contributed by atoms with E-state index in [0.717, 1.165) is 0 Å². The lowest BCUT2D eigenvalue weighted by Crippen LogP contribution is -2.24. The minimum atomic E-state index is -0.593. The van der Waals surface area contributed by atoms with E-state index in [9.17, 15) is 0 Å². The van der Waals surface area contributed by atoms with Crippen molar-refractivity contribution in [2.24, 2.45) is 0 Å². The van der Waals surface area contributed by atoms with Crippen LogP contribution in [0.15, 0.2) is 0 Å². The second-order valence-electron chi connectivity index (χ2n) is 2.20. The molecule has 1 aliphatic rings. The normalized spacial score (nSPS) is 43.6. The zero-order valence-corrected chi connectivity index (χ0v) is 5.03. The molecule has 0 spiro atoms. The predicted octanol–water partition coefficient (Wildman–Crippen LogP) is -1.38. The van der Waals surface area contributed by atoms with Crippen LogP contribution in [-0.4, -0.2) is 42.9 Å². The van der Waals surface area contributed by atoms with Crippen LogP contribution in [0.25, 0.3) is 0 Å². The molecule has 9 heavy (non-hydrogen) atoms.